The van der Waals surface area contributed by atoms with Crippen molar-refractivity contribution in [2.75, 3.05) is 0 Å². The topological polar surface area (TPSA) is 66.4 Å². The van der Waals surface area contributed by atoms with Crippen molar-refractivity contribution in [3.8, 4) is 0 Å². The lowest BCUT2D eigenvalue weighted by Gasteiger charge is -2.27. The zero-order chi connectivity index (χ0) is 13.8. The van der Waals surface area contributed by atoms with E-state index in [0.29, 0.717) is 0 Å². The van der Waals surface area contributed by atoms with Crippen LogP contribution in [0.1, 0.15) is 42.9 Å². The van der Waals surface area contributed by atoms with Crippen molar-refractivity contribution >= 4 is 11.9 Å². The second-order valence-corrected chi connectivity index (χ2v) is 5.14. The summed E-state index contributed by atoms with van der Waals surface area (Å²) in [6.07, 6.45) is 2.84. The van der Waals surface area contributed by atoms with E-state index >= 15 is 0 Å². The summed E-state index contributed by atoms with van der Waals surface area (Å²) in [5.41, 5.74) is 1.89. The highest BCUT2D eigenvalue weighted by Gasteiger charge is 2.28. The Labute approximate surface area is 112 Å². The number of benzene rings is 1. The Bertz CT molecular complexity index is 480. The fraction of sp³-hybridized carbons (Fsp3) is 0.467. The fourth-order valence-electron chi connectivity index (χ4n) is 2.35. The number of aliphatic carboxylic acids is 1. The largest absolute Gasteiger partial charge is 0.481 e. The highest BCUT2D eigenvalue weighted by molar-refractivity contribution is 5.80. The normalized spacial score (nSPS) is 16.5. The van der Waals surface area contributed by atoms with Gasteiger partial charge in [0.1, 0.15) is 0 Å². The summed E-state index contributed by atoms with van der Waals surface area (Å²) >= 11 is 0. The number of carbonyl (C=O) groups excluding carboxylic acids is 1. The summed E-state index contributed by atoms with van der Waals surface area (Å²) in [6.45, 7) is 1.93. The first-order chi connectivity index (χ1) is 9.08. The van der Waals surface area contributed by atoms with E-state index in [2.05, 4.69) is 5.32 Å². The molecule has 0 heterocycles. The molecule has 1 aliphatic carbocycles. The molecule has 4 heteroatoms. The molecule has 0 spiro atoms. The third kappa shape index (κ3) is 3.34. The maximum atomic E-state index is 12.0. The van der Waals surface area contributed by atoms with Gasteiger partial charge in [-0.05, 0) is 30.9 Å². The van der Waals surface area contributed by atoms with Crippen LogP contribution in [-0.4, -0.2) is 17.0 Å². The number of amides is 1. The van der Waals surface area contributed by atoms with E-state index in [1.54, 1.807) is 0 Å². The average Bonchev–Trinajstić information content (AvgIpc) is 2.25. The molecule has 4 nitrogen and oxygen atoms in total. The van der Waals surface area contributed by atoms with Gasteiger partial charge in [-0.25, -0.2) is 0 Å². The summed E-state index contributed by atoms with van der Waals surface area (Å²) in [5, 5.41) is 11.9. The molecule has 102 valence electrons. The van der Waals surface area contributed by atoms with Crippen molar-refractivity contribution in [2.24, 2.45) is 5.92 Å². The molecule has 0 aromatic heterocycles. The van der Waals surface area contributed by atoms with Gasteiger partial charge in [0.25, 0.3) is 0 Å². The summed E-state index contributed by atoms with van der Waals surface area (Å²) in [5.74, 6) is -0.844. The van der Waals surface area contributed by atoms with Crippen LogP contribution in [0.2, 0.25) is 0 Å². The molecule has 0 aliphatic heterocycles. The van der Waals surface area contributed by atoms with Crippen LogP contribution in [0, 0.1) is 12.8 Å². The Morgan fingerprint density at radius 1 is 1.37 bits per heavy atom. The van der Waals surface area contributed by atoms with Crippen molar-refractivity contribution < 1.29 is 14.7 Å². The summed E-state index contributed by atoms with van der Waals surface area (Å²) in [6, 6.07) is 7.15. The highest BCUT2D eigenvalue weighted by atomic mass is 16.4. The molecule has 1 aromatic rings. The molecular weight excluding hydrogens is 242 g/mol. The van der Waals surface area contributed by atoms with Crippen LogP contribution < -0.4 is 5.32 Å². The number of rotatable bonds is 5. The molecule has 1 unspecified atom stereocenters. The van der Waals surface area contributed by atoms with Gasteiger partial charge in [-0.1, -0.05) is 30.7 Å². The molecule has 0 saturated heterocycles. The Morgan fingerprint density at radius 2 is 2.05 bits per heavy atom. The summed E-state index contributed by atoms with van der Waals surface area (Å²) < 4.78 is 0. The van der Waals surface area contributed by atoms with Crippen LogP contribution in [0.15, 0.2) is 24.3 Å². The van der Waals surface area contributed by atoms with Crippen LogP contribution in [-0.2, 0) is 9.59 Å². The van der Waals surface area contributed by atoms with Gasteiger partial charge in [-0.2, -0.15) is 0 Å². The van der Waals surface area contributed by atoms with Gasteiger partial charge in [0.15, 0.2) is 0 Å². The number of nitrogens with one attached hydrogen (secondary N) is 1. The van der Waals surface area contributed by atoms with Gasteiger partial charge >= 0.3 is 5.97 Å². The summed E-state index contributed by atoms with van der Waals surface area (Å²) in [4.78, 5) is 23.0. The Kier molecular flexibility index (Phi) is 4.20. The third-order valence-electron chi connectivity index (χ3n) is 3.74. The maximum absolute atomic E-state index is 12.0. The Balaban J connectivity index is 2.13. The van der Waals surface area contributed by atoms with Crippen LogP contribution in [0.25, 0.3) is 0 Å². The van der Waals surface area contributed by atoms with E-state index in [9.17, 15) is 9.59 Å². The first kappa shape index (κ1) is 13.6. The first-order valence-electron chi connectivity index (χ1n) is 6.65. The van der Waals surface area contributed by atoms with E-state index in [0.717, 1.165) is 30.4 Å². The standard InChI is InChI=1S/C15H19NO3/c1-10-5-2-3-8-12(10)13(9-14(17)18)16-15(19)11-6-4-7-11/h2-3,5,8,11,13H,4,6-7,9H2,1H3,(H,16,19)(H,17,18). The van der Waals surface area contributed by atoms with E-state index in [1.165, 1.54) is 0 Å². The molecule has 1 amide bonds. The molecule has 1 saturated carbocycles. The molecule has 2 N–H and O–H groups in total. The lowest BCUT2D eigenvalue weighted by atomic mass is 9.84. The third-order valence-corrected chi connectivity index (χ3v) is 3.74. The summed E-state index contributed by atoms with van der Waals surface area (Å²) in [7, 11) is 0. The highest BCUT2D eigenvalue weighted by Crippen LogP contribution is 2.28. The number of aryl methyl sites for hydroxylation is 1. The molecule has 1 aromatic carbocycles. The smallest absolute Gasteiger partial charge is 0.305 e. The van der Waals surface area contributed by atoms with Crippen molar-refractivity contribution in [3.05, 3.63) is 35.4 Å². The predicted octanol–water partition coefficient (Wildman–Crippen LogP) is 2.43. The molecule has 0 radical (unpaired) electrons. The second-order valence-electron chi connectivity index (χ2n) is 5.14. The minimum atomic E-state index is -0.901. The molecule has 19 heavy (non-hydrogen) atoms. The van der Waals surface area contributed by atoms with E-state index < -0.39 is 12.0 Å². The van der Waals surface area contributed by atoms with Crippen molar-refractivity contribution in [1.29, 1.82) is 0 Å². The fourth-order valence-corrected chi connectivity index (χ4v) is 2.35. The van der Waals surface area contributed by atoms with Crippen molar-refractivity contribution in [3.63, 3.8) is 0 Å². The number of hydrogen-bond acceptors (Lipinski definition) is 2. The quantitative estimate of drug-likeness (QED) is 0.855. The van der Waals surface area contributed by atoms with E-state index in [1.807, 2.05) is 31.2 Å². The molecule has 1 fully saturated rings. The minimum Gasteiger partial charge on any atom is -0.481 e. The minimum absolute atomic E-state index is 0.0132. The SMILES string of the molecule is Cc1ccccc1C(CC(=O)O)NC(=O)C1CCC1. The van der Waals surface area contributed by atoms with Gasteiger partial charge in [-0.15, -0.1) is 0 Å². The lowest BCUT2D eigenvalue weighted by Crippen LogP contribution is -2.38. The van der Waals surface area contributed by atoms with Gasteiger partial charge in [0, 0.05) is 5.92 Å². The number of hydrogen-bond donors (Lipinski definition) is 2. The Hall–Kier alpha value is -1.84. The average molecular weight is 261 g/mol. The van der Waals surface area contributed by atoms with Gasteiger partial charge < -0.3 is 10.4 Å². The van der Waals surface area contributed by atoms with E-state index in [4.69, 9.17) is 5.11 Å². The van der Waals surface area contributed by atoms with Crippen LogP contribution >= 0.6 is 0 Å². The molecular formula is C15H19NO3. The monoisotopic (exact) mass is 261 g/mol. The van der Waals surface area contributed by atoms with Gasteiger partial charge in [0.2, 0.25) is 5.91 Å². The second kappa shape index (κ2) is 5.87. The number of carboxylic acid groups (broad SMARTS) is 1. The van der Waals surface area contributed by atoms with Crippen LogP contribution in [0.5, 0.6) is 0 Å². The van der Waals surface area contributed by atoms with Crippen LogP contribution in [0.4, 0.5) is 0 Å². The van der Waals surface area contributed by atoms with E-state index in [-0.39, 0.29) is 18.2 Å². The zero-order valence-electron chi connectivity index (χ0n) is 11.1. The molecule has 0 bridgehead atoms. The Morgan fingerprint density at radius 3 is 2.58 bits per heavy atom. The van der Waals surface area contributed by atoms with Crippen LogP contribution in [0.3, 0.4) is 0 Å². The lowest BCUT2D eigenvalue weighted by molar-refractivity contribution is -0.138. The first-order valence-corrected chi connectivity index (χ1v) is 6.65. The molecule has 2 rings (SSSR count). The van der Waals surface area contributed by atoms with Gasteiger partial charge in [0.05, 0.1) is 12.5 Å². The zero-order valence-corrected chi connectivity index (χ0v) is 11.1. The van der Waals surface area contributed by atoms with Crippen molar-refractivity contribution in [1.82, 2.24) is 5.32 Å². The predicted molar refractivity (Wildman–Crippen MR) is 71.7 cm³/mol. The number of carboxylic acids is 1. The molecule has 1 atom stereocenters. The maximum Gasteiger partial charge on any atom is 0.305 e. The van der Waals surface area contributed by atoms with Crippen molar-refractivity contribution in [2.45, 2.75) is 38.6 Å². The van der Waals surface area contributed by atoms with Gasteiger partial charge in [-0.3, -0.25) is 9.59 Å². The number of carbonyl (C=O) groups is 2. The molecule has 1 aliphatic rings.